The predicted molar refractivity (Wildman–Crippen MR) is 71.4 cm³/mol. The average molecular weight is 252 g/mol. The van der Waals surface area contributed by atoms with Crippen molar-refractivity contribution in [1.82, 2.24) is 10.3 Å². The maximum Gasteiger partial charge on any atom is 0.0798 e. The largest absolute Gasteiger partial charge is 0.306 e. The van der Waals surface area contributed by atoms with Crippen molar-refractivity contribution in [3.05, 3.63) is 38.0 Å². The smallest absolute Gasteiger partial charge is 0.0798 e. The summed E-state index contributed by atoms with van der Waals surface area (Å²) < 4.78 is 0. The molecule has 0 fully saturated rings. The average Bonchev–Trinajstić information content (AvgIpc) is 2.84. The lowest BCUT2D eigenvalue weighted by Gasteiger charge is -2.15. The summed E-state index contributed by atoms with van der Waals surface area (Å²) in [5.74, 6) is 0. The monoisotopic (exact) mass is 252 g/mol. The number of nitrogens with one attached hydrogen (secondary N) is 1. The fraction of sp³-hybridized carbons (Fsp3) is 0.417. The van der Waals surface area contributed by atoms with E-state index in [-0.39, 0.29) is 0 Å². The van der Waals surface area contributed by atoms with Crippen molar-refractivity contribution in [3.8, 4) is 0 Å². The fourth-order valence-electron chi connectivity index (χ4n) is 1.77. The van der Waals surface area contributed by atoms with Gasteiger partial charge in [-0.05, 0) is 37.4 Å². The molecular formula is C12H16N2S2. The van der Waals surface area contributed by atoms with E-state index in [9.17, 15) is 0 Å². The van der Waals surface area contributed by atoms with Crippen LogP contribution in [0, 0.1) is 13.8 Å². The van der Waals surface area contributed by atoms with Gasteiger partial charge in [0.1, 0.15) is 0 Å². The van der Waals surface area contributed by atoms with Crippen molar-refractivity contribution in [1.29, 1.82) is 0 Å². The molecule has 16 heavy (non-hydrogen) atoms. The zero-order valence-electron chi connectivity index (χ0n) is 9.78. The number of thiazole rings is 1. The van der Waals surface area contributed by atoms with Gasteiger partial charge in [0.2, 0.25) is 0 Å². The van der Waals surface area contributed by atoms with Crippen LogP contribution in [0.15, 0.2) is 17.0 Å². The minimum Gasteiger partial charge on any atom is -0.306 e. The molecule has 0 aliphatic heterocycles. The Balaban J connectivity index is 2.34. The Morgan fingerprint density at radius 1 is 1.38 bits per heavy atom. The maximum atomic E-state index is 4.33. The second kappa shape index (κ2) is 5.08. The highest BCUT2D eigenvalue weighted by atomic mass is 32.1. The van der Waals surface area contributed by atoms with E-state index in [0.717, 1.165) is 12.2 Å². The molecule has 0 aliphatic carbocycles. The summed E-state index contributed by atoms with van der Waals surface area (Å²) in [5.41, 5.74) is 4.42. The second-order valence-corrected chi connectivity index (χ2v) is 5.79. The molecule has 2 heterocycles. The van der Waals surface area contributed by atoms with E-state index in [2.05, 4.69) is 42.5 Å². The van der Waals surface area contributed by atoms with Crippen LogP contribution in [0.2, 0.25) is 0 Å². The van der Waals surface area contributed by atoms with Crippen molar-refractivity contribution in [2.45, 2.75) is 26.8 Å². The number of aromatic nitrogens is 1. The highest BCUT2D eigenvalue weighted by Crippen LogP contribution is 2.30. The Hall–Kier alpha value is -0.710. The van der Waals surface area contributed by atoms with Crippen LogP contribution in [-0.4, -0.2) is 11.5 Å². The molecule has 0 radical (unpaired) electrons. The van der Waals surface area contributed by atoms with Crippen molar-refractivity contribution in [2.75, 3.05) is 6.54 Å². The minimum absolute atomic E-state index is 0.308. The summed E-state index contributed by atoms with van der Waals surface area (Å²) in [6.07, 6.45) is 0. The summed E-state index contributed by atoms with van der Waals surface area (Å²) in [7, 11) is 0. The van der Waals surface area contributed by atoms with Crippen molar-refractivity contribution < 1.29 is 0 Å². The maximum absolute atomic E-state index is 4.33. The van der Waals surface area contributed by atoms with E-state index in [1.54, 1.807) is 22.7 Å². The van der Waals surface area contributed by atoms with E-state index in [0.29, 0.717) is 6.04 Å². The summed E-state index contributed by atoms with van der Waals surface area (Å²) in [4.78, 5) is 7.03. The second-order valence-electron chi connectivity index (χ2n) is 3.78. The van der Waals surface area contributed by atoms with Crippen molar-refractivity contribution in [3.63, 3.8) is 0 Å². The summed E-state index contributed by atoms with van der Waals surface area (Å²) in [6, 6.07) is 2.57. The fourth-order valence-corrected chi connectivity index (χ4v) is 3.40. The van der Waals surface area contributed by atoms with Crippen molar-refractivity contribution >= 4 is 22.7 Å². The standard InChI is InChI=1S/C12H16N2S2/c1-4-13-11(10-5-8(2)15-6-10)12-9(3)14-7-16-12/h5-7,11,13H,4H2,1-3H3. The van der Waals surface area contributed by atoms with Crippen LogP contribution in [0.5, 0.6) is 0 Å². The lowest BCUT2D eigenvalue weighted by atomic mass is 10.1. The molecule has 0 bridgehead atoms. The van der Waals surface area contributed by atoms with Gasteiger partial charge in [-0.3, -0.25) is 0 Å². The predicted octanol–water partition coefficient (Wildman–Crippen LogP) is 3.52. The van der Waals surface area contributed by atoms with Crippen LogP contribution in [-0.2, 0) is 0 Å². The molecule has 2 rings (SSSR count). The molecule has 1 N–H and O–H groups in total. The normalized spacial score (nSPS) is 12.9. The van der Waals surface area contributed by atoms with Gasteiger partial charge in [0, 0.05) is 9.75 Å². The quantitative estimate of drug-likeness (QED) is 0.900. The van der Waals surface area contributed by atoms with Gasteiger partial charge in [0.25, 0.3) is 0 Å². The Labute approximate surface area is 104 Å². The molecule has 4 heteroatoms. The number of hydrogen-bond acceptors (Lipinski definition) is 4. The number of hydrogen-bond donors (Lipinski definition) is 1. The summed E-state index contributed by atoms with van der Waals surface area (Å²) >= 11 is 3.54. The first kappa shape index (κ1) is 11.8. The molecule has 0 amide bonds. The Morgan fingerprint density at radius 2 is 2.19 bits per heavy atom. The van der Waals surface area contributed by atoms with Crippen LogP contribution >= 0.6 is 22.7 Å². The van der Waals surface area contributed by atoms with E-state index in [4.69, 9.17) is 0 Å². The molecule has 2 aromatic heterocycles. The molecule has 2 aromatic rings. The molecule has 1 atom stereocenters. The van der Waals surface area contributed by atoms with E-state index in [1.807, 2.05) is 5.51 Å². The first-order chi connectivity index (χ1) is 7.72. The van der Waals surface area contributed by atoms with Crippen LogP contribution in [0.4, 0.5) is 0 Å². The minimum atomic E-state index is 0.308. The van der Waals surface area contributed by atoms with Crippen LogP contribution < -0.4 is 5.32 Å². The van der Waals surface area contributed by atoms with Gasteiger partial charge in [-0.2, -0.15) is 0 Å². The number of rotatable bonds is 4. The molecule has 0 saturated heterocycles. The Kier molecular flexibility index (Phi) is 3.74. The molecule has 2 nitrogen and oxygen atoms in total. The topological polar surface area (TPSA) is 24.9 Å². The summed E-state index contributed by atoms with van der Waals surface area (Å²) in [5, 5.41) is 5.77. The molecular weight excluding hydrogens is 236 g/mol. The number of nitrogens with zero attached hydrogens (tertiary/aromatic N) is 1. The van der Waals surface area contributed by atoms with Gasteiger partial charge in [0.05, 0.1) is 17.2 Å². The highest BCUT2D eigenvalue weighted by molar-refractivity contribution is 7.10. The number of aryl methyl sites for hydroxylation is 2. The molecule has 0 saturated carbocycles. The third kappa shape index (κ3) is 2.34. The van der Waals surface area contributed by atoms with Gasteiger partial charge < -0.3 is 5.32 Å². The summed E-state index contributed by atoms with van der Waals surface area (Å²) in [6.45, 7) is 7.34. The lowest BCUT2D eigenvalue weighted by Crippen LogP contribution is -2.21. The SMILES string of the molecule is CCNC(c1csc(C)c1)c1scnc1C. The zero-order valence-corrected chi connectivity index (χ0v) is 11.4. The molecule has 1 unspecified atom stereocenters. The zero-order chi connectivity index (χ0) is 11.5. The first-order valence-corrected chi connectivity index (χ1v) is 7.16. The van der Waals surface area contributed by atoms with Crippen LogP contribution in [0.25, 0.3) is 0 Å². The van der Waals surface area contributed by atoms with Crippen molar-refractivity contribution in [2.24, 2.45) is 0 Å². The van der Waals surface area contributed by atoms with Crippen LogP contribution in [0.1, 0.15) is 34.0 Å². The lowest BCUT2D eigenvalue weighted by molar-refractivity contribution is 0.637. The molecule has 0 aliphatic rings. The third-order valence-electron chi connectivity index (χ3n) is 2.54. The van der Waals surface area contributed by atoms with E-state index < -0.39 is 0 Å². The van der Waals surface area contributed by atoms with Gasteiger partial charge in [-0.25, -0.2) is 4.98 Å². The Bertz CT molecular complexity index is 459. The van der Waals surface area contributed by atoms with Gasteiger partial charge in [0.15, 0.2) is 0 Å². The van der Waals surface area contributed by atoms with E-state index in [1.165, 1.54) is 15.3 Å². The van der Waals surface area contributed by atoms with Gasteiger partial charge in [-0.1, -0.05) is 6.92 Å². The van der Waals surface area contributed by atoms with Gasteiger partial charge >= 0.3 is 0 Å². The van der Waals surface area contributed by atoms with Gasteiger partial charge in [-0.15, -0.1) is 22.7 Å². The molecule has 0 aromatic carbocycles. The molecule has 0 spiro atoms. The van der Waals surface area contributed by atoms with Crippen LogP contribution in [0.3, 0.4) is 0 Å². The highest BCUT2D eigenvalue weighted by Gasteiger charge is 2.18. The molecule has 86 valence electrons. The first-order valence-electron chi connectivity index (χ1n) is 5.40. The number of thiophene rings is 1. The Morgan fingerprint density at radius 3 is 2.69 bits per heavy atom. The third-order valence-corrected chi connectivity index (χ3v) is 4.41. The van der Waals surface area contributed by atoms with E-state index >= 15 is 0 Å².